The highest BCUT2D eigenvalue weighted by Crippen LogP contribution is 2.44. The van der Waals surface area contributed by atoms with Crippen LogP contribution in [0.4, 0.5) is 0 Å². The van der Waals surface area contributed by atoms with Crippen LogP contribution < -0.4 is 5.32 Å². The number of hydrogen-bond acceptors (Lipinski definition) is 2. The molecule has 1 heterocycles. The van der Waals surface area contributed by atoms with Crippen molar-refractivity contribution in [2.75, 3.05) is 13.2 Å². The van der Waals surface area contributed by atoms with Gasteiger partial charge in [0, 0.05) is 12.6 Å². The Bertz CT molecular complexity index is 193. The predicted octanol–water partition coefficient (Wildman–Crippen LogP) is 2.33. The van der Waals surface area contributed by atoms with E-state index in [4.69, 9.17) is 4.74 Å². The zero-order valence-electron chi connectivity index (χ0n) is 9.51. The monoisotopic (exact) mass is 197 g/mol. The van der Waals surface area contributed by atoms with E-state index in [9.17, 15) is 0 Å². The second-order valence-electron chi connectivity index (χ2n) is 4.95. The molecule has 2 aliphatic rings. The summed E-state index contributed by atoms with van der Waals surface area (Å²) in [5.74, 6) is 0.768. The lowest BCUT2D eigenvalue weighted by atomic mass is 9.83. The molecule has 1 spiro atoms. The van der Waals surface area contributed by atoms with E-state index in [-0.39, 0.29) is 5.60 Å². The van der Waals surface area contributed by atoms with Gasteiger partial charge in [0.15, 0.2) is 0 Å². The maximum absolute atomic E-state index is 6.08. The molecule has 1 aliphatic heterocycles. The normalized spacial score (nSPS) is 43.3. The molecule has 82 valence electrons. The van der Waals surface area contributed by atoms with Crippen molar-refractivity contribution < 1.29 is 4.74 Å². The minimum atomic E-state index is 0.241. The average Bonchev–Trinajstić information content (AvgIpc) is 2.49. The van der Waals surface area contributed by atoms with E-state index < -0.39 is 0 Å². The van der Waals surface area contributed by atoms with Crippen LogP contribution in [0.3, 0.4) is 0 Å². The van der Waals surface area contributed by atoms with Crippen LogP contribution in [0.25, 0.3) is 0 Å². The Hall–Kier alpha value is -0.0800. The molecular formula is C12H23NO. The summed E-state index contributed by atoms with van der Waals surface area (Å²) >= 11 is 0. The van der Waals surface area contributed by atoms with Crippen LogP contribution in [-0.2, 0) is 4.74 Å². The van der Waals surface area contributed by atoms with Crippen LogP contribution in [0.2, 0.25) is 0 Å². The third-order valence-electron chi connectivity index (χ3n) is 4.08. The number of ether oxygens (including phenoxy) is 1. The molecule has 2 fully saturated rings. The third kappa shape index (κ3) is 1.82. The van der Waals surface area contributed by atoms with Gasteiger partial charge in [0.2, 0.25) is 0 Å². The Morgan fingerprint density at radius 2 is 2.29 bits per heavy atom. The molecule has 3 atom stereocenters. The van der Waals surface area contributed by atoms with Crippen molar-refractivity contribution in [3.63, 3.8) is 0 Å². The molecule has 0 bridgehead atoms. The van der Waals surface area contributed by atoms with E-state index >= 15 is 0 Å². The molecule has 0 amide bonds. The summed E-state index contributed by atoms with van der Waals surface area (Å²) in [7, 11) is 0. The lowest BCUT2D eigenvalue weighted by Crippen LogP contribution is -2.48. The fourth-order valence-electron chi connectivity index (χ4n) is 3.18. The highest BCUT2D eigenvalue weighted by atomic mass is 16.5. The second-order valence-corrected chi connectivity index (χ2v) is 4.95. The molecule has 1 saturated carbocycles. The molecule has 2 nitrogen and oxygen atoms in total. The van der Waals surface area contributed by atoms with Crippen LogP contribution in [0.15, 0.2) is 0 Å². The van der Waals surface area contributed by atoms with Gasteiger partial charge in [-0.15, -0.1) is 0 Å². The first-order chi connectivity index (χ1) is 6.77. The first-order valence-electron chi connectivity index (χ1n) is 6.14. The first kappa shape index (κ1) is 10.4. The summed E-state index contributed by atoms with van der Waals surface area (Å²) in [5, 5.41) is 3.58. The Kier molecular flexibility index (Phi) is 3.13. The van der Waals surface area contributed by atoms with E-state index in [1.54, 1.807) is 0 Å². The molecule has 0 aromatic carbocycles. The molecule has 0 aromatic rings. The fourth-order valence-corrected chi connectivity index (χ4v) is 3.18. The van der Waals surface area contributed by atoms with Gasteiger partial charge in [0.25, 0.3) is 0 Å². The van der Waals surface area contributed by atoms with E-state index in [1.165, 1.54) is 32.1 Å². The van der Waals surface area contributed by atoms with Gasteiger partial charge in [-0.25, -0.2) is 0 Å². The molecule has 0 radical (unpaired) electrons. The van der Waals surface area contributed by atoms with E-state index in [1.807, 2.05) is 0 Å². The van der Waals surface area contributed by atoms with E-state index in [0.717, 1.165) is 19.1 Å². The van der Waals surface area contributed by atoms with Crippen molar-refractivity contribution in [1.29, 1.82) is 0 Å². The first-order valence-corrected chi connectivity index (χ1v) is 6.14. The molecule has 3 unspecified atom stereocenters. The van der Waals surface area contributed by atoms with Crippen LogP contribution >= 0.6 is 0 Å². The SMILES string of the molecule is CCNC1CCOC2(CCCC2C)C1. The number of hydrogen-bond donors (Lipinski definition) is 1. The quantitative estimate of drug-likeness (QED) is 0.733. The van der Waals surface area contributed by atoms with Crippen molar-refractivity contribution in [3.05, 3.63) is 0 Å². The molecule has 14 heavy (non-hydrogen) atoms. The third-order valence-corrected chi connectivity index (χ3v) is 4.08. The van der Waals surface area contributed by atoms with Gasteiger partial charge in [-0.05, 0) is 38.1 Å². The van der Waals surface area contributed by atoms with Crippen LogP contribution in [0.1, 0.15) is 46.0 Å². The standard InChI is InChI=1S/C12H23NO/c1-3-13-11-6-8-14-12(9-11)7-4-5-10(12)2/h10-11,13H,3-9H2,1-2H3. The van der Waals surface area contributed by atoms with Crippen LogP contribution in [0, 0.1) is 5.92 Å². The van der Waals surface area contributed by atoms with Crippen molar-refractivity contribution >= 4 is 0 Å². The molecular weight excluding hydrogens is 174 g/mol. The van der Waals surface area contributed by atoms with Crippen molar-refractivity contribution in [2.45, 2.75) is 57.6 Å². The molecule has 2 heteroatoms. The summed E-state index contributed by atoms with van der Waals surface area (Å²) in [4.78, 5) is 0. The number of nitrogens with one attached hydrogen (secondary N) is 1. The van der Waals surface area contributed by atoms with E-state index in [0.29, 0.717) is 6.04 Å². The van der Waals surface area contributed by atoms with Gasteiger partial charge < -0.3 is 10.1 Å². The highest BCUT2D eigenvalue weighted by Gasteiger charge is 2.44. The van der Waals surface area contributed by atoms with Gasteiger partial charge in [0.1, 0.15) is 0 Å². The lowest BCUT2D eigenvalue weighted by molar-refractivity contribution is -0.108. The minimum absolute atomic E-state index is 0.241. The summed E-state index contributed by atoms with van der Waals surface area (Å²) in [6.45, 7) is 6.61. The largest absolute Gasteiger partial charge is 0.375 e. The Morgan fingerprint density at radius 3 is 2.93 bits per heavy atom. The Balaban J connectivity index is 1.98. The van der Waals surface area contributed by atoms with Gasteiger partial charge in [0.05, 0.1) is 5.60 Å². The second kappa shape index (κ2) is 4.19. The predicted molar refractivity (Wildman–Crippen MR) is 58.4 cm³/mol. The van der Waals surface area contributed by atoms with Crippen LogP contribution in [0.5, 0.6) is 0 Å². The molecule has 1 saturated heterocycles. The average molecular weight is 197 g/mol. The Morgan fingerprint density at radius 1 is 1.43 bits per heavy atom. The topological polar surface area (TPSA) is 21.3 Å². The molecule has 1 aliphatic carbocycles. The van der Waals surface area contributed by atoms with Gasteiger partial charge in [-0.1, -0.05) is 20.3 Å². The zero-order valence-corrected chi connectivity index (χ0v) is 9.51. The lowest BCUT2D eigenvalue weighted by Gasteiger charge is -2.41. The van der Waals surface area contributed by atoms with E-state index in [2.05, 4.69) is 19.2 Å². The summed E-state index contributed by atoms with van der Waals surface area (Å²) in [6.07, 6.45) is 6.44. The van der Waals surface area contributed by atoms with Gasteiger partial charge in [-0.2, -0.15) is 0 Å². The fraction of sp³-hybridized carbons (Fsp3) is 1.00. The number of rotatable bonds is 2. The Labute approximate surface area is 87.4 Å². The maximum atomic E-state index is 6.08. The molecule has 1 N–H and O–H groups in total. The summed E-state index contributed by atoms with van der Waals surface area (Å²) in [5.41, 5.74) is 0.241. The minimum Gasteiger partial charge on any atom is -0.375 e. The van der Waals surface area contributed by atoms with Gasteiger partial charge in [-0.3, -0.25) is 0 Å². The van der Waals surface area contributed by atoms with Crippen molar-refractivity contribution in [2.24, 2.45) is 5.92 Å². The van der Waals surface area contributed by atoms with Crippen molar-refractivity contribution in [1.82, 2.24) is 5.32 Å². The highest BCUT2D eigenvalue weighted by molar-refractivity contribution is 4.97. The van der Waals surface area contributed by atoms with Gasteiger partial charge >= 0.3 is 0 Å². The summed E-state index contributed by atoms with van der Waals surface area (Å²) < 4.78 is 6.08. The smallest absolute Gasteiger partial charge is 0.0722 e. The molecule has 0 aromatic heterocycles. The molecule has 2 rings (SSSR count). The summed E-state index contributed by atoms with van der Waals surface area (Å²) in [6, 6.07) is 0.703. The van der Waals surface area contributed by atoms with Crippen LogP contribution in [-0.4, -0.2) is 24.8 Å². The van der Waals surface area contributed by atoms with Crippen molar-refractivity contribution in [3.8, 4) is 0 Å². The zero-order chi connectivity index (χ0) is 10.0. The maximum Gasteiger partial charge on any atom is 0.0722 e.